The lowest BCUT2D eigenvalue weighted by molar-refractivity contribution is 0.803. The van der Waals surface area contributed by atoms with E-state index in [1.165, 1.54) is 92.1 Å². The van der Waals surface area contributed by atoms with Crippen LogP contribution in [0.3, 0.4) is 0 Å². The summed E-state index contributed by atoms with van der Waals surface area (Å²) in [7, 11) is 0. The Morgan fingerprint density at radius 2 is 1.00 bits per heavy atom. The maximum absolute atomic E-state index is 4.51. The lowest BCUT2D eigenvalue weighted by atomic mass is 9.69. The number of benzene rings is 7. The van der Waals surface area contributed by atoms with Crippen LogP contribution in [-0.4, -0.2) is 4.98 Å². The van der Waals surface area contributed by atoms with Crippen molar-refractivity contribution in [3.05, 3.63) is 186 Å². The van der Waals surface area contributed by atoms with Crippen molar-refractivity contribution in [1.29, 1.82) is 0 Å². The molecule has 7 aromatic carbocycles. The first kappa shape index (κ1) is 26.3. The predicted octanol–water partition coefficient (Wildman–Crippen LogP) is 12.3. The first-order valence-electron chi connectivity index (χ1n) is 16.5. The van der Waals surface area contributed by atoms with Crippen molar-refractivity contribution in [1.82, 2.24) is 4.98 Å². The lowest BCUT2D eigenvalue weighted by Crippen LogP contribution is -2.25. The Balaban J connectivity index is 1.28. The van der Waals surface area contributed by atoms with E-state index < -0.39 is 5.41 Å². The molecular weight excluding hydrogens is 599 g/mol. The molecule has 2 aromatic heterocycles. The van der Waals surface area contributed by atoms with Crippen molar-refractivity contribution in [2.24, 2.45) is 0 Å². The quantitative estimate of drug-likeness (QED) is 0.174. The van der Waals surface area contributed by atoms with E-state index >= 15 is 0 Å². The Kier molecular flexibility index (Phi) is 5.25. The van der Waals surface area contributed by atoms with Gasteiger partial charge in [-0.3, -0.25) is 4.98 Å². The fourth-order valence-electron chi connectivity index (χ4n) is 9.01. The van der Waals surface area contributed by atoms with Crippen molar-refractivity contribution in [2.75, 3.05) is 0 Å². The fourth-order valence-corrected chi connectivity index (χ4v) is 10.3. The van der Waals surface area contributed by atoms with Gasteiger partial charge in [0.1, 0.15) is 0 Å². The van der Waals surface area contributed by atoms with Gasteiger partial charge in [0, 0.05) is 27.5 Å². The third-order valence-electron chi connectivity index (χ3n) is 10.8. The van der Waals surface area contributed by atoms with Crippen LogP contribution in [0.2, 0.25) is 0 Å². The van der Waals surface area contributed by atoms with Crippen molar-refractivity contribution in [3.63, 3.8) is 0 Å². The Morgan fingerprint density at radius 3 is 1.69 bits per heavy atom. The molecule has 2 heterocycles. The lowest BCUT2D eigenvalue weighted by Gasteiger charge is -2.31. The van der Waals surface area contributed by atoms with Gasteiger partial charge >= 0.3 is 0 Å². The molecule has 0 N–H and O–H groups in total. The SMILES string of the molecule is c1cncc(-c2c3ccccc3c(-c3ccc4c(c3)C3(c5ccccc5-4)c4ccccc4-c4sc5ccccc5c43)c3ccccc23)c1. The van der Waals surface area contributed by atoms with Crippen molar-refractivity contribution < 1.29 is 0 Å². The number of fused-ring (bicyclic) bond motifs is 14. The number of thiophene rings is 1. The second-order valence-corrected chi connectivity index (χ2v) is 14.0. The van der Waals surface area contributed by atoms with Crippen LogP contribution in [-0.2, 0) is 5.41 Å². The zero-order chi connectivity index (χ0) is 31.4. The molecule has 1 unspecified atom stereocenters. The number of rotatable bonds is 2. The average molecular weight is 626 g/mol. The third-order valence-corrected chi connectivity index (χ3v) is 12.0. The minimum Gasteiger partial charge on any atom is -0.264 e. The smallest absolute Gasteiger partial charge is 0.0740 e. The summed E-state index contributed by atoms with van der Waals surface area (Å²) in [4.78, 5) is 5.91. The van der Waals surface area contributed by atoms with E-state index in [1.807, 2.05) is 29.8 Å². The molecule has 0 bridgehead atoms. The van der Waals surface area contributed by atoms with Crippen molar-refractivity contribution >= 4 is 43.0 Å². The highest BCUT2D eigenvalue weighted by Crippen LogP contribution is 2.66. The number of aromatic nitrogens is 1. The summed E-state index contributed by atoms with van der Waals surface area (Å²) in [6.07, 6.45) is 3.84. The fraction of sp³-hybridized carbons (Fsp3) is 0.0217. The molecule has 1 nitrogen and oxygen atoms in total. The summed E-state index contributed by atoms with van der Waals surface area (Å²) < 4.78 is 1.35. The molecule has 0 fully saturated rings. The summed E-state index contributed by atoms with van der Waals surface area (Å²) in [5, 5.41) is 6.37. The van der Waals surface area contributed by atoms with Gasteiger partial charge in [0.15, 0.2) is 0 Å². The number of hydrogen-bond donors (Lipinski definition) is 0. The summed E-state index contributed by atoms with van der Waals surface area (Å²) in [6, 6.07) is 56.6. The van der Waals surface area contributed by atoms with Crippen LogP contribution in [0, 0.1) is 0 Å². The maximum atomic E-state index is 4.51. The summed E-state index contributed by atoms with van der Waals surface area (Å²) in [6.45, 7) is 0. The topological polar surface area (TPSA) is 12.9 Å². The van der Waals surface area contributed by atoms with Gasteiger partial charge < -0.3 is 0 Å². The zero-order valence-corrected chi connectivity index (χ0v) is 26.8. The van der Waals surface area contributed by atoms with E-state index in [-0.39, 0.29) is 0 Å². The summed E-state index contributed by atoms with van der Waals surface area (Å²) in [5.41, 5.74) is 14.1. The number of nitrogens with zero attached hydrogens (tertiary/aromatic N) is 1. The van der Waals surface area contributed by atoms with E-state index in [0.29, 0.717) is 0 Å². The molecule has 9 aromatic rings. The predicted molar refractivity (Wildman–Crippen MR) is 202 cm³/mol. The third kappa shape index (κ3) is 3.23. The first-order valence-corrected chi connectivity index (χ1v) is 17.4. The highest BCUT2D eigenvalue weighted by atomic mass is 32.1. The Morgan fingerprint density at radius 1 is 0.438 bits per heavy atom. The Bertz CT molecular complexity index is 2730. The van der Waals surface area contributed by atoms with Gasteiger partial charge in [-0.2, -0.15) is 0 Å². The molecule has 2 heteroatoms. The number of hydrogen-bond acceptors (Lipinski definition) is 2. The average Bonchev–Trinajstić information content (AvgIpc) is 3.77. The maximum Gasteiger partial charge on any atom is 0.0740 e. The van der Waals surface area contributed by atoms with Gasteiger partial charge in [-0.05, 0) is 101 Å². The molecule has 2 aliphatic rings. The largest absolute Gasteiger partial charge is 0.264 e. The second-order valence-electron chi connectivity index (χ2n) is 13.0. The molecule has 0 aliphatic heterocycles. The highest BCUT2D eigenvalue weighted by Gasteiger charge is 2.53. The Labute approximate surface area is 282 Å². The van der Waals surface area contributed by atoms with Crippen LogP contribution in [0.25, 0.3) is 75.5 Å². The molecule has 0 radical (unpaired) electrons. The minimum absolute atomic E-state index is 0.394. The van der Waals surface area contributed by atoms with E-state index in [2.05, 4.69) is 151 Å². The molecule has 0 saturated heterocycles. The van der Waals surface area contributed by atoms with Crippen LogP contribution in [0.4, 0.5) is 0 Å². The highest BCUT2D eigenvalue weighted by molar-refractivity contribution is 7.22. The normalized spacial score (nSPS) is 15.6. The molecule has 11 rings (SSSR count). The van der Waals surface area contributed by atoms with Crippen LogP contribution < -0.4 is 0 Å². The molecule has 1 atom stereocenters. The Hall–Kier alpha value is -5.83. The standard InChI is InChI=1S/C46H27NS/c1-3-16-34-32(14-1)42(33-15-2-4-17-35(33)43(34)29-12-11-25-47-27-29)28-23-24-31-30-13-5-8-20-38(30)46(40(31)26-28)39-21-9-6-18-36(39)45-44(46)37-19-7-10-22-41(37)48-45/h1-27H. The van der Waals surface area contributed by atoms with Crippen molar-refractivity contribution in [3.8, 4) is 43.8 Å². The zero-order valence-electron chi connectivity index (χ0n) is 25.9. The van der Waals surface area contributed by atoms with E-state index in [9.17, 15) is 0 Å². The molecule has 0 amide bonds. The van der Waals surface area contributed by atoms with Gasteiger partial charge in [-0.15, -0.1) is 11.3 Å². The molecule has 222 valence electrons. The van der Waals surface area contributed by atoms with Crippen LogP contribution in [0.1, 0.15) is 22.3 Å². The monoisotopic (exact) mass is 625 g/mol. The molecule has 2 aliphatic carbocycles. The van der Waals surface area contributed by atoms with Gasteiger partial charge in [0.25, 0.3) is 0 Å². The molecule has 0 saturated carbocycles. The first-order chi connectivity index (χ1) is 23.8. The van der Waals surface area contributed by atoms with Crippen LogP contribution in [0.5, 0.6) is 0 Å². The van der Waals surface area contributed by atoms with Crippen LogP contribution in [0.15, 0.2) is 164 Å². The van der Waals surface area contributed by atoms with Gasteiger partial charge in [-0.1, -0.05) is 133 Å². The molecule has 48 heavy (non-hydrogen) atoms. The van der Waals surface area contributed by atoms with E-state index in [0.717, 1.165) is 5.56 Å². The number of pyridine rings is 1. The minimum atomic E-state index is -0.394. The van der Waals surface area contributed by atoms with Crippen LogP contribution >= 0.6 is 11.3 Å². The second kappa shape index (κ2) is 9.60. The van der Waals surface area contributed by atoms with Gasteiger partial charge in [-0.25, -0.2) is 0 Å². The van der Waals surface area contributed by atoms with Gasteiger partial charge in [0.05, 0.1) is 5.41 Å². The van der Waals surface area contributed by atoms with E-state index in [4.69, 9.17) is 0 Å². The molecular formula is C46H27NS. The van der Waals surface area contributed by atoms with Gasteiger partial charge in [0.2, 0.25) is 0 Å². The molecule has 1 spiro atoms. The summed E-state index contributed by atoms with van der Waals surface area (Å²) >= 11 is 1.94. The summed E-state index contributed by atoms with van der Waals surface area (Å²) in [5.74, 6) is 0. The van der Waals surface area contributed by atoms with E-state index in [1.54, 1.807) is 0 Å². The van der Waals surface area contributed by atoms with Crippen molar-refractivity contribution in [2.45, 2.75) is 5.41 Å².